The minimum atomic E-state index is 0.720. The van der Waals surface area contributed by atoms with Gasteiger partial charge in [-0.3, -0.25) is 0 Å². The summed E-state index contributed by atoms with van der Waals surface area (Å²) in [5.74, 6) is 1.52. The van der Waals surface area contributed by atoms with Crippen molar-refractivity contribution in [2.75, 3.05) is 0 Å². The highest BCUT2D eigenvalue weighted by atomic mass is 14.3. The predicted molar refractivity (Wildman–Crippen MR) is 115 cm³/mol. The van der Waals surface area contributed by atoms with E-state index in [1.165, 1.54) is 68.1 Å². The molecule has 138 valence electrons. The topological polar surface area (TPSA) is 0 Å². The summed E-state index contributed by atoms with van der Waals surface area (Å²) >= 11 is 0. The Labute approximate surface area is 160 Å². The highest BCUT2D eigenvalue weighted by Gasteiger charge is 2.22. The molecule has 0 nitrogen and oxygen atoms in total. The fourth-order valence-corrected chi connectivity index (χ4v) is 4.33. The Balaban J connectivity index is 1.72. The van der Waals surface area contributed by atoms with Gasteiger partial charge in [0, 0.05) is 0 Å². The zero-order valence-corrected chi connectivity index (χ0v) is 16.6. The molecule has 0 radical (unpaired) electrons. The van der Waals surface area contributed by atoms with Crippen molar-refractivity contribution in [3.8, 4) is 11.1 Å². The first-order chi connectivity index (χ1) is 12.8. The number of benzene rings is 2. The Morgan fingerprint density at radius 3 is 2.27 bits per heavy atom. The molecule has 3 rings (SSSR count). The molecule has 1 aliphatic rings. The monoisotopic (exact) mass is 346 g/mol. The molecule has 0 aromatic heterocycles. The second-order valence-electron chi connectivity index (χ2n) is 7.86. The summed E-state index contributed by atoms with van der Waals surface area (Å²) in [5, 5.41) is 0. The van der Waals surface area contributed by atoms with Gasteiger partial charge in [0.25, 0.3) is 0 Å². The predicted octanol–water partition coefficient (Wildman–Crippen LogP) is 7.94. The lowest BCUT2D eigenvalue weighted by atomic mass is 9.76. The molecule has 1 fully saturated rings. The molecule has 0 saturated heterocycles. The van der Waals surface area contributed by atoms with Crippen LogP contribution in [0.3, 0.4) is 0 Å². The Hall–Kier alpha value is -1.82. The lowest BCUT2D eigenvalue weighted by Crippen LogP contribution is -2.12. The zero-order valence-electron chi connectivity index (χ0n) is 16.6. The van der Waals surface area contributed by atoms with E-state index in [1.807, 2.05) is 0 Å². The lowest BCUT2D eigenvalue weighted by molar-refractivity contribution is 0.376. The van der Waals surface area contributed by atoms with E-state index in [0.717, 1.165) is 11.8 Å². The molecule has 0 heteroatoms. The van der Waals surface area contributed by atoms with Crippen molar-refractivity contribution in [1.82, 2.24) is 0 Å². The Morgan fingerprint density at radius 1 is 0.846 bits per heavy atom. The van der Waals surface area contributed by atoms with E-state index in [1.54, 1.807) is 5.56 Å². The van der Waals surface area contributed by atoms with Crippen LogP contribution in [-0.4, -0.2) is 0 Å². The van der Waals surface area contributed by atoms with Crippen molar-refractivity contribution >= 4 is 0 Å². The molecule has 1 saturated carbocycles. The van der Waals surface area contributed by atoms with Crippen LogP contribution in [0.2, 0.25) is 0 Å². The van der Waals surface area contributed by atoms with Crippen LogP contribution in [0, 0.1) is 5.92 Å². The van der Waals surface area contributed by atoms with Crippen LogP contribution >= 0.6 is 0 Å². The van der Waals surface area contributed by atoms with Crippen LogP contribution < -0.4 is 0 Å². The van der Waals surface area contributed by atoms with Crippen molar-refractivity contribution in [2.45, 2.75) is 71.1 Å². The van der Waals surface area contributed by atoms with Gasteiger partial charge in [-0.25, -0.2) is 0 Å². The summed E-state index contributed by atoms with van der Waals surface area (Å²) in [6.07, 6.45) is 15.1. The van der Waals surface area contributed by atoms with E-state index in [4.69, 9.17) is 0 Å². The molecule has 0 heterocycles. The van der Waals surface area contributed by atoms with Crippen LogP contribution in [0.1, 0.15) is 75.8 Å². The van der Waals surface area contributed by atoms with Gasteiger partial charge < -0.3 is 0 Å². The molecule has 26 heavy (non-hydrogen) atoms. The van der Waals surface area contributed by atoms with E-state index in [0.29, 0.717) is 0 Å². The molecule has 0 bridgehead atoms. The van der Waals surface area contributed by atoms with Crippen molar-refractivity contribution in [3.05, 3.63) is 71.8 Å². The van der Waals surface area contributed by atoms with Crippen molar-refractivity contribution in [3.63, 3.8) is 0 Å². The number of aryl methyl sites for hydroxylation is 1. The first-order valence-corrected chi connectivity index (χ1v) is 10.7. The Morgan fingerprint density at radius 2 is 1.58 bits per heavy atom. The van der Waals surface area contributed by atoms with E-state index < -0.39 is 0 Å². The molecule has 0 atom stereocenters. The largest absolute Gasteiger partial charge is 0.0883 e. The van der Waals surface area contributed by atoms with E-state index in [-0.39, 0.29) is 0 Å². The summed E-state index contributed by atoms with van der Waals surface area (Å²) in [7, 11) is 0. The van der Waals surface area contributed by atoms with Crippen molar-refractivity contribution in [1.29, 1.82) is 0 Å². The molecular weight excluding hydrogens is 312 g/mol. The van der Waals surface area contributed by atoms with Gasteiger partial charge in [-0.15, -0.1) is 0 Å². The molecule has 2 aromatic rings. The highest BCUT2D eigenvalue weighted by Crippen LogP contribution is 2.40. The summed E-state index contributed by atoms with van der Waals surface area (Å²) in [4.78, 5) is 0. The van der Waals surface area contributed by atoms with Crippen molar-refractivity contribution < 1.29 is 0 Å². The van der Waals surface area contributed by atoms with Gasteiger partial charge in [0.1, 0.15) is 0 Å². The second kappa shape index (κ2) is 9.76. The van der Waals surface area contributed by atoms with Crippen LogP contribution in [0.15, 0.2) is 60.7 Å². The van der Waals surface area contributed by atoms with Crippen LogP contribution in [0.5, 0.6) is 0 Å². The standard InChI is InChI=1S/C26H34/c1-3-5-6-10-22-15-19-24(20-16-22)26-12-8-7-11-25(26)23-17-13-21(9-4-2)14-18-23/h6-8,10-14,17-18,22,24H,3-5,9,15-16,19-20H2,1-2H3/b10-6+/t22-,24-. The number of hydrogen-bond acceptors (Lipinski definition) is 0. The Kier molecular flexibility index (Phi) is 7.12. The molecule has 2 aromatic carbocycles. The van der Waals surface area contributed by atoms with E-state index in [2.05, 4.69) is 74.5 Å². The molecule has 1 aliphatic carbocycles. The summed E-state index contributed by atoms with van der Waals surface area (Å²) in [5.41, 5.74) is 5.84. The SMILES string of the molecule is CCC/C=C/[C@H]1CC[C@H](c2ccccc2-c2ccc(CCC)cc2)CC1. The maximum absolute atomic E-state index is 2.48. The molecule has 0 aliphatic heterocycles. The fraction of sp³-hybridized carbons (Fsp3) is 0.462. The van der Waals surface area contributed by atoms with Gasteiger partial charge in [-0.05, 0) is 72.6 Å². The van der Waals surface area contributed by atoms with Gasteiger partial charge >= 0.3 is 0 Å². The highest BCUT2D eigenvalue weighted by molar-refractivity contribution is 5.68. The molecule has 0 N–H and O–H groups in total. The number of hydrogen-bond donors (Lipinski definition) is 0. The lowest BCUT2D eigenvalue weighted by Gasteiger charge is -2.28. The number of allylic oxidation sites excluding steroid dienone is 2. The maximum Gasteiger partial charge on any atom is -0.0149 e. The van der Waals surface area contributed by atoms with E-state index in [9.17, 15) is 0 Å². The van der Waals surface area contributed by atoms with Crippen LogP contribution in [0.4, 0.5) is 0 Å². The quantitative estimate of drug-likeness (QED) is 0.446. The molecule has 0 unspecified atom stereocenters. The van der Waals surface area contributed by atoms with E-state index >= 15 is 0 Å². The third-order valence-corrected chi connectivity index (χ3v) is 5.84. The Bertz CT molecular complexity index is 684. The van der Waals surface area contributed by atoms with Gasteiger partial charge in [0.2, 0.25) is 0 Å². The third kappa shape index (κ3) is 4.87. The fourth-order valence-electron chi connectivity index (χ4n) is 4.33. The smallest absolute Gasteiger partial charge is 0.0149 e. The molecule has 0 spiro atoms. The minimum absolute atomic E-state index is 0.720. The average Bonchev–Trinajstić information content (AvgIpc) is 2.70. The van der Waals surface area contributed by atoms with Gasteiger partial charge in [-0.2, -0.15) is 0 Å². The third-order valence-electron chi connectivity index (χ3n) is 5.84. The first-order valence-electron chi connectivity index (χ1n) is 10.7. The minimum Gasteiger partial charge on any atom is -0.0883 e. The van der Waals surface area contributed by atoms with Crippen LogP contribution in [0.25, 0.3) is 11.1 Å². The summed E-state index contributed by atoms with van der Waals surface area (Å²) < 4.78 is 0. The van der Waals surface area contributed by atoms with Gasteiger partial charge in [0.15, 0.2) is 0 Å². The first kappa shape index (κ1) is 19.0. The summed E-state index contributed by atoms with van der Waals surface area (Å²) in [6.45, 7) is 4.50. The van der Waals surface area contributed by atoms with Crippen LogP contribution in [-0.2, 0) is 6.42 Å². The maximum atomic E-state index is 2.48. The normalized spacial score (nSPS) is 20.5. The molecular formula is C26H34. The number of rotatable bonds is 7. The van der Waals surface area contributed by atoms with Gasteiger partial charge in [0.05, 0.1) is 0 Å². The van der Waals surface area contributed by atoms with Gasteiger partial charge in [-0.1, -0.05) is 87.4 Å². The number of unbranched alkanes of at least 4 members (excludes halogenated alkanes) is 1. The van der Waals surface area contributed by atoms with Crippen molar-refractivity contribution in [2.24, 2.45) is 5.92 Å². The second-order valence-corrected chi connectivity index (χ2v) is 7.86. The zero-order chi connectivity index (χ0) is 18.2. The summed E-state index contributed by atoms with van der Waals surface area (Å²) in [6, 6.07) is 18.4. The molecule has 0 amide bonds. The average molecular weight is 347 g/mol.